The van der Waals surface area contributed by atoms with Crippen LogP contribution in [0.1, 0.15) is 18.9 Å². The second-order valence-electron chi connectivity index (χ2n) is 2.97. The van der Waals surface area contributed by atoms with Gasteiger partial charge in [0.25, 0.3) is 0 Å². The molecule has 0 aliphatic heterocycles. The van der Waals surface area contributed by atoms with Gasteiger partial charge in [-0.05, 0) is 19.9 Å². The van der Waals surface area contributed by atoms with Crippen LogP contribution in [0.2, 0.25) is 0 Å². The number of rotatable bonds is 7. The fourth-order valence-corrected chi connectivity index (χ4v) is 1.10. The van der Waals surface area contributed by atoms with Crippen LogP contribution in [0.3, 0.4) is 0 Å². The van der Waals surface area contributed by atoms with Gasteiger partial charge in [0, 0.05) is 37.7 Å². The molecule has 1 aromatic heterocycles. The van der Waals surface area contributed by atoms with Crippen molar-refractivity contribution in [3.05, 3.63) is 24.3 Å². The number of aromatic nitrogens is 2. The fraction of sp³-hybridized carbons (Fsp3) is 0.600. The van der Waals surface area contributed by atoms with Gasteiger partial charge in [0.2, 0.25) is 0 Å². The van der Waals surface area contributed by atoms with Crippen molar-refractivity contribution in [3.63, 3.8) is 0 Å². The molecule has 4 nitrogen and oxygen atoms in total. The minimum atomic E-state index is 0.798. The summed E-state index contributed by atoms with van der Waals surface area (Å²) in [5.74, 6) is 0. The predicted molar refractivity (Wildman–Crippen MR) is 54.8 cm³/mol. The smallest absolute Gasteiger partial charge is 0.115 e. The standard InChI is InChI=1S/C10H17N3O/c1-2-14-5-3-4-11-6-10-7-12-9-13-8-10/h7-9,11H,2-6H2,1H3. The van der Waals surface area contributed by atoms with Gasteiger partial charge in [0.1, 0.15) is 6.33 Å². The molecule has 0 aliphatic rings. The van der Waals surface area contributed by atoms with Crippen LogP contribution in [0.15, 0.2) is 18.7 Å². The van der Waals surface area contributed by atoms with Gasteiger partial charge in [0.05, 0.1) is 0 Å². The first kappa shape index (κ1) is 11.1. The molecule has 1 rings (SSSR count). The summed E-state index contributed by atoms with van der Waals surface area (Å²) >= 11 is 0. The van der Waals surface area contributed by atoms with E-state index in [0.717, 1.165) is 38.3 Å². The van der Waals surface area contributed by atoms with E-state index in [-0.39, 0.29) is 0 Å². The summed E-state index contributed by atoms with van der Waals surface area (Å²) in [7, 11) is 0. The Bertz CT molecular complexity index is 228. The third-order valence-electron chi connectivity index (χ3n) is 1.79. The summed E-state index contributed by atoms with van der Waals surface area (Å²) in [6.07, 6.45) is 6.23. The maximum absolute atomic E-state index is 5.22. The lowest BCUT2D eigenvalue weighted by Crippen LogP contribution is -2.16. The molecule has 4 heteroatoms. The van der Waals surface area contributed by atoms with Crippen molar-refractivity contribution in [1.29, 1.82) is 0 Å². The summed E-state index contributed by atoms with van der Waals surface area (Å²) in [5.41, 5.74) is 1.11. The average molecular weight is 195 g/mol. The van der Waals surface area contributed by atoms with E-state index < -0.39 is 0 Å². The Labute approximate surface area is 84.7 Å². The van der Waals surface area contributed by atoms with Crippen molar-refractivity contribution in [2.45, 2.75) is 19.9 Å². The van der Waals surface area contributed by atoms with Crippen molar-refractivity contribution in [2.24, 2.45) is 0 Å². The van der Waals surface area contributed by atoms with Crippen molar-refractivity contribution in [3.8, 4) is 0 Å². The highest BCUT2D eigenvalue weighted by atomic mass is 16.5. The van der Waals surface area contributed by atoms with Crippen LogP contribution in [0, 0.1) is 0 Å². The lowest BCUT2D eigenvalue weighted by atomic mass is 10.3. The first-order chi connectivity index (χ1) is 6.93. The zero-order valence-electron chi connectivity index (χ0n) is 8.57. The molecule has 0 saturated heterocycles. The van der Waals surface area contributed by atoms with Gasteiger partial charge in [-0.15, -0.1) is 0 Å². The molecule has 0 amide bonds. The third-order valence-corrected chi connectivity index (χ3v) is 1.79. The SMILES string of the molecule is CCOCCCNCc1cncnc1. The maximum atomic E-state index is 5.22. The molecule has 1 aromatic rings. The van der Waals surface area contributed by atoms with Crippen molar-refractivity contribution in [2.75, 3.05) is 19.8 Å². The Balaban J connectivity index is 1.99. The molecule has 1 N–H and O–H groups in total. The van der Waals surface area contributed by atoms with Crippen LogP contribution >= 0.6 is 0 Å². The average Bonchev–Trinajstić information content (AvgIpc) is 2.25. The van der Waals surface area contributed by atoms with Crippen molar-refractivity contribution < 1.29 is 4.74 Å². The minimum absolute atomic E-state index is 0.798. The second kappa shape index (κ2) is 7.41. The topological polar surface area (TPSA) is 47.0 Å². The fourth-order valence-electron chi connectivity index (χ4n) is 1.10. The van der Waals surface area contributed by atoms with Crippen LogP contribution in [0.25, 0.3) is 0 Å². The molecular weight excluding hydrogens is 178 g/mol. The van der Waals surface area contributed by atoms with Gasteiger partial charge in [-0.1, -0.05) is 0 Å². The van der Waals surface area contributed by atoms with E-state index in [1.54, 1.807) is 6.33 Å². The van der Waals surface area contributed by atoms with E-state index in [9.17, 15) is 0 Å². The van der Waals surface area contributed by atoms with E-state index in [1.807, 2.05) is 19.3 Å². The minimum Gasteiger partial charge on any atom is -0.382 e. The normalized spacial score (nSPS) is 10.4. The molecule has 78 valence electrons. The number of nitrogens with one attached hydrogen (secondary N) is 1. The van der Waals surface area contributed by atoms with Crippen molar-refractivity contribution in [1.82, 2.24) is 15.3 Å². The zero-order valence-corrected chi connectivity index (χ0v) is 8.57. The first-order valence-electron chi connectivity index (χ1n) is 4.96. The maximum Gasteiger partial charge on any atom is 0.115 e. The largest absolute Gasteiger partial charge is 0.382 e. The van der Waals surface area contributed by atoms with Gasteiger partial charge in [-0.25, -0.2) is 9.97 Å². The predicted octanol–water partition coefficient (Wildman–Crippen LogP) is 0.993. The van der Waals surface area contributed by atoms with Crippen LogP contribution in [-0.2, 0) is 11.3 Å². The summed E-state index contributed by atoms with van der Waals surface area (Å²) in [5, 5.41) is 3.30. The molecule has 0 radical (unpaired) electrons. The van der Waals surface area contributed by atoms with Gasteiger partial charge in [-0.2, -0.15) is 0 Å². The lowest BCUT2D eigenvalue weighted by molar-refractivity contribution is 0.144. The Morgan fingerprint density at radius 3 is 2.86 bits per heavy atom. The molecule has 0 fully saturated rings. The van der Waals surface area contributed by atoms with Crippen LogP contribution in [0.4, 0.5) is 0 Å². The molecule has 1 heterocycles. The van der Waals surface area contributed by atoms with E-state index in [4.69, 9.17) is 4.74 Å². The molecule has 0 spiro atoms. The van der Waals surface area contributed by atoms with Gasteiger partial charge >= 0.3 is 0 Å². The van der Waals surface area contributed by atoms with Gasteiger partial charge < -0.3 is 10.1 Å². The number of hydrogen-bond donors (Lipinski definition) is 1. The van der Waals surface area contributed by atoms with Crippen LogP contribution < -0.4 is 5.32 Å². The molecule has 14 heavy (non-hydrogen) atoms. The molecule has 0 saturated carbocycles. The van der Waals surface area contributed by atoms with E-state index in [0.29, 0.717) is 0 Å². The zero-order chi connectivity index (χ0) is 10.1. The Kier molecular flexibility index (Phi) is 5.86. The quantitative estimate of drug-likeness (QED) is 0.659. The van der Waals surface area contributed by atoms with E-state index in [2.05, 4.69) is 15.3 Å². The number of hydrogen-bond acceptors (Lipinski definition) is 4. The summed E-state index contributed by atoms with van der Waals surface area (Å²) in [4.78, 5) is 7.87. The molecule has 0 bridgehead atoms. The van der Waals surface area contributed by atoms with Crippen LogP contribution in [0.5, 0.6) is 0 Å². The van der Waals surface area contributed by atoms with Crippen LogP contribution in [-0.4, -0.2) is 29.7 Å². The highest BCUT2D eigenvalue weighted by Gasteiger charge is 1.91. The van der Waals surface area contributed by atoms with Crippen molar-refractivity contribution >= 4 is 0 Å². The van der Waals surface area contributed by atoms with E-state index >= 15 is 0 Å². The molecule has 0 unspecified atom stereocenters. The highest BCUT2D eigenvalue weighted by Crippen LogP contribution is 1.91. The van der Waals surface area contributed by atoms with Gasteiger partial charge in [-0.3, -0.25) is 0 Å². The number of ether oxygens (including phenoxy) is 1. The lowest BCUT2D eigenvalue weighted by Gasteiger charge is -2.03. The number of nitrogens with zero attached hydrogens (tertiary/aromatic N) is 2. The Morgan fingerprint density at radius 1 is 1.36 bits per heavy atom. The van der Waals surface area contributed by atoms with E-state index in [1.165, 1.54) is 0 Å². The highest BCUT2D eigenvalue weighted by molar-refractivity contribution is 5.01. The summed E-state index contributed by atoms with van der Waals surface area (Å²) < 4.78 is 5.22. The van der Waals surface area contributed by atoms with Gasteiger partial charge in [0.15, 0.2) is 0 Å². The third kappa shape index (κ3) is 4.89. The molecule has 0 atom stereocenters. The monoisotopic (exact) mass is 195 g/mol. The second-order valence-corrected chi connectivity index (χ2v) is 2.97. The Morgan fingerprint density at radius 2 is 2.14 bits per heavy atom. The molecule has 0 aliphatic carbocycles. The summed E-state index contributed by atoms with van der Waals surface area (Å²) in [6.45, 7) is 5.43. The molecular formula is C10H17N3O. The summed E-state index contributed by atoms with van der Waals surface area (Å²) in [6, 6.07) is 0. The Hall–Kier alpha value is -1.00. The molecule has 0 aromatic carbocycles. The first-order valence-corrected chi connectivity index (χ1v) is 4.96.